The lowest BCUT2D eigenvalue weighted by Gasteiger charge is -2.17. The Morgan fingerprint density at radius 1 is 1.32 bits per heavy atom. The first kappa shape index (κ1) is 16.2. The normalized spacial score (nSPS) is 29.5. The zero-order valence-electron chi connectivity index (χ0n) is 11.9. The maximum Gasteiger partial charge on any atom is 0.325 e. The lowest BCUT2D eigenvalue weighted by molar-refractivity contribution is -0.769. The summed E-state index contributed by atoms with van der Waals surface area (Å²) in [5.74, 6) is -0.547. The molecule has 11 nitrogen and oxygen atoms in total. The number of rotatable bonds is 6. The fourth-order valence-electron chi connectivity index (χ4n) is 2.37. The van der Waals surface area contributed by atoms with Crippen molar-refractivity contribution in [1.82, 2.24) is 10.6 Å². The van der Waals surface area contributed by atoms with Crippen molar-refractivity contribution in [1.29, 1.82) is 0 Å². The van der Waals surface area contributed by atoms with Crippen molar-refractivity contribution in [2.45, 2.75) is 31.3 Å². The van der Waals surface area contributed by atoms with Gasteiger partial charge < -0.3 is 29.7 Å². The molecule has 0 aromatic carbocycles. The predicted octanol–water partition coefficient (Wildman–Crippen LogP) is -1.41. The molecule has 0 aromatic rings. The van der Waals surface area contributed by atoms with Gasteiger partial charge in [0.15, 0.2) is 6.10 Å². The topological polar surface area (TPSA) is 138 Å². The summed E-state index contributed by atoms with van der Waals surface area (Å²) in [7, 11) is 0. The molecule has 2 fully saturated rings. The van der Waals surface area contributed by atoms with Crippen LogP contribution in [0.2, 0.25) is 0 Å². The van der Waals surface area contributed by atoms with Crippen LogP contribution in [0.25, 0.3) is 0 Å². The van der Waals surface area contributed by atoms with Crippen LogP contribution in [0.3, 0.4) is 0 Å². The maximum absolute atomic E-state index is 11.7. The number of fused-ring (bicyclic) bond motifs is 1. The SMILES string of the molecule is CCOC(=O)CNC(=O)N[C@@H]1CO[C@@H]2C(O[N+](=O)[O-])CO[C@@H]21. The molecule has 0 spiro atoms. The minimum Gasteiger partial charge on any atom is -0.465 e. The van der Waals surface area contributed by atoms with E-state index < -0.39 is 41.4 Å². The maximum atomic E-state index is 11.7. The van der Waals surface area contributed by atoms with E-state index in [1.54, 1.807) is 6.92 Å². The molecule has 124 valence electrons. The minimum atomic E-state index is -0.896. The first-order chi connectivity index (χ1) is 10.5. The summed E-state index contributed by atoms with van der Waals surface area (Å²) in [6, 6.07) is -1.06. The molecule has 0 aromatic heterocycles. The molecule has 0 aliphatic carbocycles. The summed E-state index contributed by atoms with van der Waals surface area (Å²) >= 11 is 0. The molecule has 1 unspecified atom stereocenters. The molecule has 2 N–H and O–H groups in total. The highest BCUT2D eigenvalue weighted by molar-refractivity contribution is 5.80. The molecule has 2 aliphatic heterocycles. The van der Waals surface area contributed by atoms with Gasteiger partial charge in [0.1, 0.15) is 18.8 Å². The van der Waals surface area contributed by atoms with E-state index in [9.17, 15) is 19.7 Å². The number of nitrogens with zero attached hydrogens (tertiary/aromatic N) is 1. The minimum absolute atomic E-state index is 0.0128. The van der Waals surface area contributed by atoms with Crippen LogP contribution in [-0.4, -0.2) is 67.8 Å². The molecular formula is C11H17N3O8. The summed E-state index contributed by atoms with van der Waals surface area (Å²) in [6.07, 6.45) is -1.95. The molecule has 2 heterocycles. The Morgan fingerprint density at radius 2 is 2.05 bits per heavy atom. The van der Waals surface area contributed by atoms with Crippen molar-refractivity contribution in [2.75, 3.05) is 26.4 Å². The van der Waals surface area contributed by atoms with Crippen molar-refractivity contribution < 1.29 is 33.7 Å². The highest BCUT2D eigenvalue weighted by Gasteiger charge is 2.49. The Labute approximate surface area is 125 Å². The van der Waals surface area contributed by atoms with E-state index in [0.29, 0.717) is 0 Å². The number of amides is 2. The summed E-state index contributed by atoms with van der Waals surface area (Å²) in [5, 5.41) is 14.4. The number of nitrogens with one attached hydrogen (secondary N) is 2. The number of ether oxygens (including phenoxy) is 3. The number of carbonyl (C=O) groups excluding carboxylic acids is 2. The van der Waals surface area contributed by atoms with Gasteiger partial charge in [-0.1, -0.05) is 0 Å². The van der Waals surface area contributed by atoms with E-state index in [4.69, 9.17) is 9.47 Å². The number of esters is 1. The van der Waals surface area contributed by atoms with Crippen molar-refractivity contribution in [3.63, 3.8) is 0 Å². The van der Waals surface area contributed by atoms with Crippen LogP contribution < -0.4 is 10.6 Å². The van der Waals surface area contributed by atoms with E-state index in [-0.39, 0.29) is 26.4 Å². The second-order valence-corrected chi connectivity index (χ2v) is 4.70. The average molecular weight is 319 g/mol. The van der Waals surface area contributed by atoms with Crippen LogP contribution in [0, 0.1) is 10.1 Å². The smallest absolute Gasteiger partial charge is 0.325 e. The zero-order valence-corrected chi connectivity index (χ0v) is 11.9. The molecule has 22 heavy (non-hydrogen) atoms. The fourth-order valence-corrected chi connectivity index (χ4v) is 2.37. The molecule has 0 bridgehead atoms. The molecule has 2 aliphatic rings. The van der Waals surface area contributed by atoms with Gasteiger partial charge in [0.05, 0.1) is 25.9 Å². The van der Waals surface area contributed by atoms with Crippen molar-refractivity contribution in [3.8, 4) is 0 Å². The van der Waals surface area contributed by atoms with Crippen LogP contribution in [0.15, 0.2) is 0 Å². The van der Waals surface area contributed by atoms with Crippen LogP contribution in [0.1, 0.15) is 6.92 Å². The first-order valence-electron chi connectivity index (χ1n) is 6.75. The van der Waals surface area contributed by atoms with Gasteiger partial charge in [-0.25, -0.2) is 4.79 Å². The van der Waals surface area contributed by atoms with E-state index >= 15 is 0 Å². The molecule has 0 saturated carbocycles. The van der Waals surface area contributed by atoms with Crippen molar-refractivity contribution in [2.24, 2.45) is 0 Å². The third-order valence-electron chi connectivity index (χ3n) is 3.24. The quantitative estimate of drug-likeness (QED) is 0.346. The number of hydrogen-bond donors (Lipinski definition) is 2. The lowest BCUT2D eigenvalue weighted by atomic mass is 10.1. The van der Waals surface area contributed by atoms with Gasteiger partial charge in [-0.2, -0.15) is 0 Å². The van der Waals surface area contributed by atoms with Gasteiger partial charge in [0.25, 0.3) is 5.09 Å². The fraction of sp³-hybridized carbons (Fsp3) is 0.818. The molecule has 0 radical (unpaired) electrons. The summed E-state index contributed by atoms with van der Waals surface area (Å²) in [4.78, 5) is 37.6. The Morgan fingerprint density at radius 3 is 2.73 bits per heavy atom. The van der Waals surface area contributed by atoms with E-state index in [1.165, 1.54) is 0 Å². The summed E-state index contributed by atoms with van der Waals surface area (Å²) < 4.78 is 15.4. The van der Waals surface area contributed by atoms with Gasteiger partial charge in [-0.05, 0) is 6.92 Å². The van der Waals surface area contributed by atoms with Gasteiger partial charge in [0, 0.05) is 0 Å². The molecule has 2 saturated heterocycles. The third-order valence-corrected chi connectivity index (χ3v) is 3.24. The second-order valence-electron chi connectivity index (χ2n) is 4.70. The number of urea groups is 1. The predicted molar refractivity (Wildman–Crippen MR) is 68.3 cm³/mol. The average Bonchev–Trinajstić information content (AvgIpc) is 3.01. The van der Waals surface area contributed by atoms with E-state index in [1.807, 2.05) is 0 Å². The van der Waals surface area contributed by atoms with Gasteiger partial charge in [-0.3, -0.25) is 4.79 Å². The van der Waals surface area contributed by atoms with Crippen molar-refractivity contribution in [3.05, 3.63) is 10.1 Å². The van der Waals surface area contributed by atoms with Crippen LogP contribution in [0.5, 0.6) is 0 Å². The summed E-state index contributed by atoms with van der Waals surface area (Å²) in [5.41, 5.74) is 0. The highest BCUT2D eigenvalue weighted by atomic mass is 17.0. The zero-order chi connectivity index (χ0) is 16.1. The van der Waals surface area contributed by atoms with Gasteiger partial charge in [0.2, 0.25) is 0 Å². The molecule has 4 atom stereocenters. The van der Waals surface area contributed by atoms with Gasteiger partial charge in [-0.15, -0.1) is 10.1 Å². The van der Waals surface area contributed by atoms with Crippen LogP contribution in [0.4, 0.5) is 4.79 Å². The van der Waals surface area contributed by atoms with Crippen LogP contribution in [-0.2, 0) is 23.8 Å². The molecule has 2 rings (SSSR count). The number of carbonyl (C=O) groups is 2. The summed E-state index contributed by atoms with van der Waals surface area (Å²) in [6.45, 7) is 1.79. The largest absolute Gasteiger partial charge is 0.465 e. The monoisotopic (exact) mass is 319 g/mol. The second kappa shape index (κ2) is 7.22. The Balaban J connectivity index is 1.77. The van der Waals surface area contributed by atoms with Crippen LogP contribution >= 0.6 is 0 Å². The number of hydrogen-bond acceptors (Lipinski definition) is 8. The Kier molecular flexibility index (Phi) is 5.33. The van der Waals surface area contributed by atoms with Gasteiger partial charge >= 0.3 is 12.0 Å². The van der Waals surface area contributed by atoms with E-state index in [2.05, 4.69) is 20.2 Å². The third kappa shape index (κ3) is 3.95. The first-order valence-corrected chi connectivity index (χ1v) is 6.75. The molecular weight excluding hydrogens is 302 g/mol. The van der Waals surface area contributed by atoms with Crippen molar-refractivity contribution >= 4 is 12.0 Å². The standard InChI is InChI=1S/C11H17N3O8/c1-2-19-8(15)3-12-11(16)13-6-4-20-10-7(22-14(17)18)5-21-9(6)10/h6-7,9-10H,2-5H2,1H3,(H2,12,13,16)/t6-,7?,9-,10-/m1/s1. The molecule has 2 amide bonds. The lowest BCUT2D eigenvalue weighted by Crippen LogP contribution is -2.49. The Hall–Kier alpha value is -2.14. The Bertz CT molecular complexity index is 445. The molecule has 11 heteroatoms. The highest BCUT2D eigenvalue weighted by Crippen LogP contribution is 2.28. The van der Waals surface area contributed by atoms with E-state index in [0.717, 1.165) is 0 Å².